The average Bonchev–Trinajstić information content (AvgIpc) is 2.62. The summed E-state index contributed by atoms with van der Waals surface area (Å²) < 4.78 is 0. The molecule has 3 nitrogen and oxygen atoms in total. The number of hydrogen-bond donors (Lipinski definition) is 1. The SMILES string of the molecule is O=C(CN1CCCc2ccccc21)NC1CCCc2ccccc21. The largest absolute Gasteiger partial charge is 0.362 e. The van der Waals surface area contributed by atoms with E-state index in [0.717, 1.165) is 38.6 Å². The standard InChI is InChI=1S/C21H24N2O/c24-21(15-23-14-6-10-17-8-2-4-13-20(17)23)22-19-12-5-9-16-7-1-3-11-18(16)19/h1-4,7-8,11,13,19H,5-6,9-10,12,14-15H2,(H,22,24). The Bertz CT molecular complexity index is 679. The molecule has 4 rings (SSSR count). The molecule has 0 saturated carbocycles. The van der Waals surface area contributed by atoms with Gasteiger partial charge in [0.05, 0.1) is 12.6 Å². The van der Waals surface area contributed by atoms with Crippen molar-refractivity contribution >= 4 is 11.6 Å². The Hall–Kier alpha value is -2.29. The van der Waals surface area contributed by atoms with Gasteiger partial charge < -0.3 is 10.2 Å². The van der Waals surface area contributed by atoms with Gasteiger partial charge in [-0.25, -0.2) is 0 Å². The van der Waals surface area contributed by atoms with E-state index >= 15 is 0 Å². The van der Waals surface area contributed by atoms with E-state index in [0.29, 0.717) is 6.54 Å². The molecule has 1 amide bonds. The van der Waals surface area contributed by atoms with Crippen molar-refractivity contribution in [2.45, 2.75) is 38.1 Å². The van der Waals surface area contributed by atoms with Crippen molar-refractivity contribution in [3.8, 4) is 0 Å². The fourth-order valence-corrected chi connectivity index (χ4v) is 4.09. The fraction of sp³-hybridized carbons (Fsp3) is 0.381. The lowest BCUT2D eigenvalue weighted by Gasteiger charge is -2.32. The molecule has 3 heteroatoms. The Morgan fingerprint density at radius 1 is 1.00 bits per heavy atom. The van der Waals surface area contributed by atoms with Gasteiger partial charge in [-0.3, -0.25) is 4.79 Å². The summed E-state index contributed by atoms with van der Waals surface area (Å²) in [5, 5.41) is 3.27. The molecule has 0 saturated heterocycles. The van der Waals surface area contributed by atoms with Crippen LogP contribution >= 0.6 is 0 Å². The van der Waals surface area contributed by atoms with Gasteiger partial charge in [0, 0.05) is 12.2 Å². The molecule has 0 radical (unpaired) electrons. The first-order valence-corrected chi connectivity index (χ1v) is 9.01. The Kier molecular flexibility index (Phi) is 4.24. The Labute approximate surface area is 143 Å². The van der Waals surface area contributed by atoms with Crippen LogP contribution in [0.25, 0.3) is 0 Å². The van der Waals surface area contributed by atoms with Gasteiger partial charge in [0.15, 0.2) is 0 Å². The van der Waals surface area contributed by atoms with E-state index in [2.05, 4.69) is 58.7 Å². The highest BCUT2D eigenvalue weighted by atomic mass is 16.2. The van der Waals surface area contributed by atoms with Crippen LogP contribution in [-0.4, -0.2) is 19.0 Å². The van der Waals surface area contributed by atoms with E-state index < -0.39 is 0 Å². The van der Waals surface area contributed by atoms with Crippen LogP contribution in [-0.2, 0) is 17.6 Å². The van der Waals surface area contributed by atoms with Gasteiger partial charge in [-0.2, -0.15) is 0 Å². The fourth-order valence-electron chi connectivity index (χ4n) is 4.09. The van der Waals surface area contributed by atoms with Crippen molar-refractivity contribution in [1.29, 1.82) is 0 Å². The summed E-state index contributed by atoms with van der Waals surface area (Å²) in [7, 11) is 0. The number of aryl methyl sites for hydroxylation is 2. The zero-order chi connectivity index (χ0) is 16.4. The van der Waals surface area contributed by atoms with E-state index in [4.69, 9.17) is 0 Å². The second kappa shape index (κ2) is 6.68. The number of nitrogens with one attached hydrogen (secondary N) is 1. The molecular weight excluding hydrogens is 296 g/mol. The molecule has 1 unspecified atom stereocenters. The van der Waals surface area contributed by atoms with E-state index in [1.165, 1.54) is 22.4 Å². The molecule has 1 atom stereocenters. The smallest absolute Gasteiger partial charge is 0.240 e. The van der Waals surface area contributed by atoms with E-state index in [-0.39, 0.29) is 11.9 Å². The van der Waals surface area contributed by atoms with Crippen molar-refractivity contribution in [3.63, 3.8) is 0 Å². The van der Waals surface area contributed by atoms with Gasteiger partial charge in [-0.15, -0.1) is 0 Å². The summed E-state index contributed by atoms with van der Waals surface area (Å²) in [6.07, 6.45) is 5.55. The molecule has 2 aromatic rings. The molecule has 1 aliphatic heterocycles. The number of anilines is 1. The summed E-state index contributed by atoms with van der Waals surface area (Å²) in [4.78, 5) is 14.9. The zero-order valence-corrected chi connectivity index (χ0v) is 14.0. The third-order valence-electron chi connectivity index (χ3n) is 5.25. The minimum atomic E-state index is 0.133. The number of para-hydroxylation sites is 1. The molecule has 124 valence electrons. The average molecular weight is 320 g/mol. The van der Waals surface area contributed by atoms with Crippen molar-refractivity contribution in [1.82, 2.24) is 5.32 Å². The van der Waals surface area contributed by atoms with Crippen LogP contribution in [0.2, 0.25) is 0 Å². The lowest BCUT2D eigenvalue weighted by atomic mass is 9.88. The molecule has 1 N–H and O–H groups in total. The summed E-state index contributed by atoms with van der Waals surface area (Å²) in [5.41, 5.74) is 5.27. The summed E-state index contributed by atoms with van der Waals surface area (Å²) in [6, 6.07) is 17.1. The topological polar surface area (TPSA) is 32.3 Å². The third kappa shape index (κ3) is 3.03. The number of fused-ring (bicyclic) bond motifs is 2. The number of nitrogens with zero attached hydrogens (tertiary/aromatic N) is 1. The molecule has 0 fully saturated rings. The van der Waals surface area contributed by atoms with Gasteiger partial charge in [0.2, 0.25) is 5.91 Å². The molecule has 1 aliphatic carbocycles. The monoisotopic (exact) mass is 320 g/mol. The van der Waals surface area contributed by atoms with E-state index in [9.17, 15) is 4.79 Å². The van der Waals surface area contributed by atoms with E-state index in [1.807, 2.05) is 0 Å². The second-order valence-corrected chi connectivity index (χ2v) is 6.86. The maximum absolute atomic E-state index is 12.6. The van der Waals surface area contributed by atoms with Crippen LogP contribution in [0.5, 0.6) is 0 Å². The Morgan fingerprint density at radius 3 is 2.67 bits per heavy atom. The summed E-state index contributed by atoms with van der Waals surface area (Å²) in [6.45, 7) is 1.42. The van der Waals surface area contributed by atoms with Crippen LogP contribution in [0.4, 0.5) is 5.69 Å². The first-order valence-electron chi connectivity index (χ1n) is 9.01. The lowest BCUT2D eigenvalue weighted by Crippen LogP contribution is -2.41. The number of rotatable bonds is 3. The number of benzene rings is 2. The maximum atomic E-state index is 12.6. The van der Waals surface area contributed by atoms with Crippen molar-refractivity contribution < 1.29 is 4.79 Å². The van der Waals surface area contributed by atoms with Crippen LogP contribution in [0.15, 0.2) is 48.5 Å². The molecule has 2 aromatic carbocycles. The van der Waals surface area contributed by atoms with Crippen LogP contribution in [0.1, 0.15) is 42.0 Å². The Balaban J connectivity index is 1.45. The molecule has 2 aliphatic rings. The summed E-state index contributed by atoms with van der Waals surface area (Å²) in [5.74, 6) is 0.133. The maximum Gasteiger partial charge on any atom is 0.240 e. The number of hydrogen-bond acceptors (Lipinski definition) is 2. The molecular formula is C21H24N2O. The number of carbonyl (C=O) groups is 1. The van der Waals surface area contributed by atoms with Gasteiger partial charge in [0.1, 0.15) is 0 Å². The first-order chi connectivity index (χ1) is 11.8. The highest BCUT2D eigenvalue weighted by molar-refractivity contribution is 5.82. The van der Waals surface area contributed by atoms with Crippen molar-refractivity contribution in [3.05, 3.63) is 65.2 Å². The second-order valence-electron chi connectivity index (χ2n) is 6.86. The Morgan fingerprint density at radius 2 is 1.75 bits per heavy atom. The minimum Gasteiger partial charge on any atom is -0.362 e. The van der Waals surface area contributed by atoms with Gasteiger partial charge in [0.25, 0.3) is 0 Å². The van der Waals surface area contributed by atoms with Crippen LogP contribution in [0, 0.1) is 0 Å². The van der Waals surface area contributed by atoms with E-state index in [1.54, 1.807) is 0 Å². The molecule has 24 heavy (non-hydrogen) atoms. The normalized spacial score (nSPS) is 19.3. The lowest BCUT2D eigenvalue weighted by molar-refractivity contribution is -0.120. The molecule has 1 heterocycles. The van der Waals surface area contributed by atoms with Gasteiger partial charge in [-0.05, 0) is 54.9 Å². The molecule has 0 aromatic heterocycles. The predicted molar refractivity (Wildman–Crippen MR) is 97.2 cm³/mol. The molecule has 0 bridgehead atoms. The first kappa shape index (κ1) is 15.3. The quantitative estimate of drug-likeness (QED) is 0.936. The van der Waals surface area contributed by atoms with Gasteiger partial charge in [-0.1, -0.05) is 42.5 Å². The summed E-state index contributed by atoms with van der Waals surface area (Å²) >= 11 is 0. The number of carbonyl (C=O) groups excluding carboxylic acids is 1. The minimum absolute atomic E-state index is 0.133. The third-order valence-corrected chi connectivity index (χ3v) is 5.25. The van der Waals surface area contributed by atoms with Crippen molar-refractivity contribution in [2.75, 3.05) is 18.0 Å². The predicted octanol–water partition coefficient (Wildman–Crippen LogP) is 3.63. The number of amides is 1. The van der Waals surface area contributed by atoms with Crippen LogP contribution in [0.3, 0.4) is 0 Å². The van der Waals surface area contributed by atoms with Gasteiger partial charge >= 0.3 is 0 Å². The van der Waals surface area contributed by atoms with Crippen molar-refractivity contribution in [2.24, 2.45) is 0 Å². The highest BCUT2D eigenvalue weighted by Crippen LogP contribution is 2.30. The zero-order valence-electron chi connectivity index (χ0n) is 14.0. The highest BCUT2D eigenvalue weighted by Gasteiger charge is 2.23. The molecule has 0 spiro atoms. The van der Waals surface area contributed by atoms with Crippen LogP contribution < -0.4 is 10.2 Å².